The van der Waals surface area contributed by atoms with E-state index in [0.717, 1.165) is 4.47 Å². The van der Waals surface area contributed by atoms with Crippen LogP contribution in [-0.2, 0) is 0 Å². The minimum Gasteiger partial charge on any atom is -0.507 e. The maximum absolute atomic E-state index is 9.42. The second-order valence-electron chi connectivity index (χ2n) is 2.79. The van der Waals surface area contributed by atoms with Crippen molar-refractivity contribution in [3.8, 4) is 5.75 Å². The van der Waals surface area contributed by atoms with Crippen LogP contribution in [0.25, 0.3) is 0 Å². The Morgan fingerprint density at radius 1 is 1.46 bits per heavy atom. The number of halogens is 1. The highest BCUT2D eigenvalue weighted by molar-refractivity contribution is 9.10. The third-order valence-electron chi connectivity index (χ3n) is 1.42. The molecule has 0 spiro atoms. The molecule has 0 fully saturated rings. The molecule has 0 aliphatic heterocycles. The summed E-state index contributed by atoms with van der Waals surface area (Å²) >= 11 is 3.32. The second-order valence-corrected chi connectivity index (χ2v) is 3.71. The molecule has 0 heterocycles. The van der Waals surface area contributed by atoms with Gasteiger partial charge in [0.25, 0.3) is 0 Å². The van der Waals surface area contributed by atoms with Gasteiger partial charge >= 0.3 is 0 Å². The number of nitrogens with zero attached hydrogens (tertiary/aromatic N) is 2. The smallest absolute Gasteiger partial charge is 0.124 e. The molecule has 0 aliphatic carbocycles. The summed E-state index contributed by atoms with van der Waals surface area (Å²) in [6, 6.07) is 5.21. The van der Waals surface area contributed by atoms with E-state index in [0.29, 0.717) is 5.56 Å². The summed E-state index contributed by atoms with van der Waals surface area (Å²) in [4.78, 5) is 0. The van der Waals surface area contributed by atoms with Crippen molar-refractivity contribution < 1.29 is 5.11 Å². The van der Waals surface area contributed by atoms with Gasteiger partial charge in [-0.3, -0.25) is 0 Å². The minimum absolute atomic E-state index is 0.230. The average Bonchev–Trinajstić information content (AvgIpc) is 2.06. The summed E-state index contributed by atoms with van der Waals surface area (Å²) < 4.78 is 0.922. The number of phenols is 1. The quantitative estimate of drug-likeness (QED) is 0.637. The van der Waals surface area contributed by atoms with Crippen molar-refractivity contribution in [1.29, 1.82) is 0 Å². The van der Waals surface area contributed by atoms with E-state index < -0.39 is 0 Å². The fourth-order valence-electron chi connectivity index (χ4n) is 0.806. The molecule has 0 amide bonds. The Labute approximate surface area is 85.8 Å². The zero-order chi connectivity index (χ0) is 9.84. The predicted octanol–water partition coefficient (Wildman–Crippen LogP) is 2.05. The predicted molar refractivity (Wildman–Crippen MR) is 57.1 cm³/mol. The number of phenolic OH excluding ortho intramolecular Hbond substituents is 1. The van der Waals surface area contributed by atoms with Gasteiger partial charge in [0.2, 0.25) is 0 Å². The lowest BCUT2D eigenvalue weighted by Gasteiger charge is -2.03. The number of rotatable bonds is 2. The number of benzene rings is 1. The lowest BCUT2D eigenvalue weighted by atomic mass is 10.2. The van der Waals surface area contributed by atoms with Gasteiger partial charge in [0.05, 0.1) is 6.21 Å². The number of aromatic hydroxyl groups is 1. The van der Waals surface area contributed by atoms with Gasteiger partial charge in [-0.2, -0.15) is 5.10 Å². The van der Waals surface area contributed by atoms with Crippen LogP contribution >= 0.6 is 15.9 Å². The molecule has 0 unspecified atom stereocenters. The van der Waals surface area contributed by atoms with E-state index in [9.17, 15) is 5.11 Å². The first-order valence-electron chi connectivity index (χ1n) is 3.79. The highest BCUT2D eigenvalue weighted by Crippen LogP contribution is 2.19. The highest BCUT2D eigenvalue weighted by atomic mass is 79.9. The van der Waals surface area contributed by atoms with Crippen LogP contribution in [0, 0.1) is 0 Å². The molecule has 0 aliphatic rings. The van der Waals surface area contributed by atoms with E-state index in [2.05, 4.69) is 21.0 Å². The van der Waals surface area contributed by atoms with E-state index in [1.165, 1.54) is 0 Å². The Kier molecular flexibility index (Phi) is 3.31. The van der Waals surface area contributed by atoms with Gasteiger partial charge in [-0.1, -0.05) is 15.9 Å². The van der Waals surface area contributed by atoms with Gasteiger partial charge in [0.1, 0.15) is 5.75 Å². The summed E-state index contributed by atoms with van der Waals surface area (Å²) in [5, 5.41) is 15.1. The van der Waals surface area contributed by atoms with E-state index in [4.69, 9.17) is 0 Å². The Hall–Kier alpha value is -1.03. The molecular formula is C9H11BrN2O. The zero-order valence-corrected chi connectivity index (χ0v) is 9.12. The largest absolute Gasteiger partial charge is 0.507 e. The molecule has 1 aromatic rings. The minimum atomic E-state index is 0.230. The van der Waals surface area contributed by atoms with Crippen molar-refractivity contribution in [2.24, 2.45) is 5.10 Å². The standard InChI is InChI=1S/C9H11BrN2O/c1-12(2)11-6-7-5-8(10)3-4-9(7)13/h3-6,13H,1-2H3. The molecule has 4 heteroatoms. The van der Waals surface area contributed by atoms with E-state index in [1.54, 1.807) is 23.4 Å². The first-order chi connectivity index (χ1) is 6.09. The van der Waals surface area contributed by atoms with Crippen molar-refractivity contribution in [1.82, 2.24) is 5.01 Å². The number of hydrogen-bond acceptors (Lipinski definition) is 3. The molecule has 0 bridgehead atoms. The van der Waals surface area contributed by atoms with E-state index >= 15 is 0 Å². The normalized spacial score (nSPS) is 10.7. The fraction of sp³-hybridized carbons (Fsp3) is 0.222. The lowest BCUT2D eigenvalue weighted by Crippen LogP contribution is -2.01. The first kappa shape index (κ1) is 10.1. The van der Waals surface area contributed by atoms with E-state index in [1.807, 2.05) is 20.2 Å². The monoisotopic (exact) mass is 242 g/mol. The molecule has 1 aromatic carbocycles. The number of hydrazone groups is 1. The maximum atomic E-state index is 9.42. The second kappa shape index (κ2) is 4.28. The molecule has 0 atom stereocenters. The third-order valence-corrected chi connectivity index (χ3v) is 1.91. The van der Waals surface area contributed by atoms with Gasteiger partial charge in [-0.15, -0.1) is 0 Å². The van der Waals surface area contributed by atoms with Gasteiger partial charge in [0.15, 0.2) is 0 Å². The van der Waals surface area contributed by atoms with Crippen LogP contribution < -0.4 is 0 Å². The molecule has 70 valence electrons. The third kappa shape index (κ3) is 3.06. The molecule has 1 N–H and O–H groups in total. The summed E-state index contributed by atoms with van der Waals surface area (Å²) in [5.74, 6) is 0.230. The molecule has 0 saturated heterocycles. The van der Waals surface area contributed by atoms with Crippen molar-refractivity contribution in [2.75, 3.05) is 14.1 Å². The van der Waals surface area contributed by atoms with Crippen molar-refractivity contribution in [3.05, 3.63) is 28.2 Å². The molecule has 0 aromatic heterocycles. The topological polar surface area (TPSA) is 35.8 Å². The summed E-state index contributed by atoms with van der Waals surface area (Å²) in [7, 11) is 3.65. The Balaban J connectivity index is 2.93. The van der Waals surface area contributed by atoms with Crippen LogP contribution in [0.3, 0.4) is 0 Å². The van der Waals surface area contributed by atoms with Crippen LogP contribution in [0.15, 0.2) is 27.8 Å². The van der Waals surface area contributed by atoms with Crippen molar-refractivity contribution in [2.45, 2.75) is 0 Å². The van der Waals surface area contributed by atoms with Gasteiger partial charge < -0.3 is 10.1 Å². The number of hydrogen-bond donors (Lipinski definition) is 1. The van der Waals surface area contributed by atoms with Crippen LogP contribution in [0.5, 0.6) is 5.75 Å². The van der Waals surface area contributed by atoms with Crippen LogP contribution in [0.2, 0.25) is 0 Å². The van der Waals surface area contributed by atoms with Crippen LogP contribution in [0.4, 0.5) is 0 Å². The molecule has 0 saturated carbocycles. The molecule has 1 rings (SSSR count). The molecule has 0 radical (unpaired) electrons. The Bertz CT molecular complexity index is 323. The maximum Gasteiger partial charge on any atom is 0.124 e. The summed E-state index contributed by atoms with van der Waals surface area (Å²) in [6.07, 6.45) is 1.61. The summed E-state index contributed by atoms with van der Waals surface area (Å²) in [5.41, 5.74) is 0.697. The molecule has 13 heavy (non-hydrogen) atoms. The Morgan fingerprint density at radius 2 is 2.15 bits per heavy atom. The molecule has 3 nitrogen and oxygen atoms in total. The first-order valence-corrected chi connectivity index (χ1v) is 4.58. The van der Waals surface area contributed by atoms with Gasteiger partial charge in [-0.05, 0) is 18.2 Å². The van der Waals surface area contributed by atoms with Crippen molar-refractivity contribution >= 4 is 22.1 Å². The lowest BCUT2D eigenvalue weighted by molar-refractivity contribution is 0.439. The average molecular weight is 243 g/mol. The van der Waals surface area contributed by atoms with Gasteiger partial charge in [-0.25, -0.2) is 0 Å². The SMILES string of the molecule is CN(C)N=Cc1cc(Br)ccc1O. The van der Waals surface area contributed by atoms with E-state index in [-0.39, 0.29) is 5.75 Å². The highest BCUT2D eigenvalue weighted by Gasteiger charge is 1.97. The van der Waals surface area contributed by atoms with Crippen molar-refractivity contribution in [3.63, 3.8) is 0 Å². The Morgan fingerprint density at radius 3 is 2.77 bits per heavy atom. The summed E-state index contributed by atoms with van der Waals surface area (Å²) in [6.45, 7) is 0. The molecular weight excluding hydrogens is 232 g/mol. The fourth-order valence-corrected chi connectivity index (χ4v) is 1.19. The van der Waals surface area contributed by atoms with Crippen LogP contribution in [-0.4, -0.2) is 30.4 Å². The zero-order valence-electron chi connectivity index (χ0n) is 7.53. The van der Waals surface area contributed by atoms with Gasteiger partial charge in [0, 0.05) is 24.1 Å². The van der Waals surface area contributed by atoms with Crippen LogP contribution in [0.1, 0.15) is 5.56 Å².